The lowest BCUT2D eigenvalue weighted by Gasteiger charge is -1.98. The summed E-state index contributed by atoms with van der Waals surface area (Å²) in [5, 5.41) is 12.4. The molecule has 4 nitrogen and oxygen atoms in total. The van der Waals surface area contributed by atoms with E-state index < -0.39 is 4.33 Å². The number of benzene rings is 1. The SMILES string of the molecule is ClC1(Cl)CC1Cn1nnc(-c2ccc(Br)cc2)n1. The number of hydrogen-bond acceptors (Lipinski definition) is 3. The molecule has 1 aliphatic rings. The minimum Gasteiger partial charge on any atom is -0.163 e. The molecule has 1 aromatic heterocycles. The molecule has 1 atom stereocenters. The van der Waals surface area contributed by atoms with E-state index in [0.717, 1.165) is 16.5 Å². The number of tetrazole rings is 1. The first-order valence-electron chi connectivity index (χ1n) is 5.46. The van der Waals surface area contributed by atoms with Crippen LogP contribution in [-0.2, 0) is 6.54 Å². The van der Waals surface area contributed by atoms with Crippen molar-refractivity contribution in [3.8, 4) is 11.4 Å². The number of rotatable bonds is 3. The highest BCUT2D eigenvalue weighted by Crippen LogP contribution is 2.53. The number of halogens is 3. The van der Waals surface area contributed by atoms with E-state index >= 15 is 0 Å². The van der Waals surface area contributed by atoms with E-state index in [4.69, 9.17) is 23.2 Å². The fourth-order valence-electron chi connectivity index (χ4n) is 1.70. The molecule has 0 aliphatic heterocycles. The minimum absolute atomic E-state index is 0.216. The van der Waals surface area contributed by atoms with E-state index in [0.29, 0.717) is 12.4 Å². The van der Waals surface area contributed by atoms with Gasteiger partial charge in [-0.2, -0.15) is 4.80 Å². The van der Waals surface area contributed by atoms with E-state index in [1.165, 1.54) is 0 Å². The lowest BCUT2D eigenvalue weighted by Crippen LogP contribution is -2.07. The van der Waals surface area contributed by atoms with Gasteiger partial charge in [0.25, 0.3) is 0 Å². The van der Waals surface area contributed by atoms with Gasteiger partial charge < -0.3 is 0 Å². The van der Waals surface area contributed by atoms with Crippen LogP contribution in [0.25, 0.3) is 11.4 Å². The Morgan fingerprint density at radius 2 is 2.00 bits per heavy atom. The molecule has 2 aromatic rings. The molecule has 3 rings (SSSR count). The summed E-state index contributed by atoms with van der Waals surface area (Å²) in [6.45, 7) is 0.608. The van der Waals surface area contributed by atoms with Gasteiger partial charge in [-0.1, -0.05) is 15.9 Å². The van der Waals surface area contributed by atoms with Crippen LogP contribution in [0.5, 0.6) is 0 Å². The Labute approximate surface area is 122 Å². The van der Waals surface area contributed by atoms with Crippen molar-refractivity contribution in [3.63, 3.8) is 0 Å². The first-order chi connectivity index (χ1) is 8.54. The molecule has 18 heavy (non-hydrogen) atoms. The molecule has 0 amide bonds. The maximum absolute atomic E-state index is 5.97. The van der Waals surface area contributed by atoms with Gasteiger partial charge in [-0.3, -0.25) is 0 Å². The predicted molar refractivity (Wildman–Crippen MR) is 73.5 cm³/mol. The highest BCUT2D eigenvalue weighted by Gasteiger charge is 2.52. The van der Waals surface area contributed by atoms with Crippen molar-refractivity contribution in [2.75, 3.05) is 0 Å². The van der Waals surface area contributed by atoms with Crippen LogP contribution < -0.4 is 0 Å². The third kappa shape index (κ3) is 2.53. The first-order valence-corrected chi connectivity index (χ1v) is 7.01. The Morgan fingerprint density at radius 1 is 1.33 bits per heavy atom. The molecule has 0 radical (unpaired) electrons. The Hall–Kier alpha value is -0.650. The fourth-order valence-corrected chi connectivity index (χ4v) is 2.47. The molecule has 1 unspecified atom stereocenters. The Bertz CT molecular complexity index is 567. The van der Waals surface area contributed by atoms with Gasteiger partial charge in [-0.05, 0) is 35.9 Å². The Balaban J connectivity index is 1.75. The van der Waals surface area contributed by atoms with Crippen molar-refractivity contribution >= 4 is 39.1 Å². The van der Waals surface area contributed by atoms with Crippen LogP contribution in [0.15, 0.2) is 28.7 Å². The quantitative estimate of drug-likeness (QED) is 0.800. The average molecular weight is 348 g/mol. The van der Waals surface area contributed by atoms with Crippen LogP contribution in [-0.4, -0.2) is 24.5 Å². The lowest BCUT2D eigenvalue weighted by atomic mass is 10.2. The lowest BCUT2D eigenvalue weighted by molar-refractivity contribution is 0.484. The van der Waals surface area contributed by atoms with Crippen LogP contribution >= 0.6 is 39.1 Å². The van der Waals surface area contributed by atoms with Gasteiger partial charge in [0.2, 0.25) is 5.82 Å². The maximum Gasteiger partial charge on any atom is 0.204 e. The van der Waals surface area contributed by atoms with Crippen LogP contribution in [0.1, 0.15) is 6.42 Å². The van der Waals surface area contributed by atoms with E-state index in [-0.39, 0.29) is 5.92 Å². The second-order valence-corrected chi connectivity index (χ2v) is 6.79. The fraction of sp³-hybridized carbons (Fsp3) is 0.364. The molecule has 1 saturated carbocycles. The summed E-state index contributed by atoms with van der Waals surface area (Å²) in [7, 11) is 0. The highest BCUT2D eigenvalue weighted by atomic mass is 79.9. The summed E-state index contributed by atoms with van der Waals surface area (Å²) < 4.78 is 0.413. The molecule has 1 heterocycles. The predicted octanol–water partition coefficient (Wildman–Crippen LogP) is 3.30. The van der Waals surface area contributed by atoms with Crippen molar-refractivity contribution in [3.05, 3.63) is 28.7 Å². The molecule has 0 spiro atoms. The van der Waals surface area contributed by atoms with E-state index in [2.05, 4.69) is 31.3 Å². The van der Waals surface area contributed by atoms with Gasteiger partial charge >= 0.3 is 0 Å². The second kappa shape index (κ2) is 4.47. The third-order valence-electron chi connectivity index (χ3n) is 2.89. The van der Waals surface area contributed by atoms with Crippen LogP contribution in [0, 0.1) is 5.92 Å². The summed E-state index contributed by atoms with van der Waals surface area (Å²) in [6.07, 6.45) is 0.783. The van der Waals surface area contributed by atoms with E-state index in [9.17, 15) is 0 Å². The maximum atomic E-state index is 5.97. The van der Waals surface area contributed by atoms with Crippen molar-refractivity contribution in [1.82, 2.24) is 20.2 Å². The molecule has 0 bridgehead atoms. The van der Waals surface area contributed by atoms with Gasteiger partial charge in [0.05, 0.1) is 6.54 Å². The van der Waals surface area contributed by atoms with Gasteiger partial charge in [0.1, 0.15) is 4.33 Å². The van der Waals surface area contributed by atoms with Gasteiger partial charge in [-0.15, -0.1) is 33.4 Å². The summed E-state index contributed by atoms with van der Waals surface area (Å²) in [6, 6.07) is 7.77. The monoisotopic (exact) mass is 346 g/mol. The highest BCUT2D eigenvalue weighted by molar-refractivity contribution is 9.10. The average Bonchev–Trinajstić information content (AvgIpc) is 2.75. The second-order valence-electron chi connectivity index (χ2n) is 4.34. The van der Waals surface area contributed by atoms with Gasteiger partial charge in [0, 0.05) is 16.0 Å². The summed E-state index contributed by atoms with van der Waals surface area (Å²) in [5.41, 5.74) is 0.934. The topological polar surface area (TPSA) is 43.6 Å². The van der Waals surface area contributed by atoms with Gasteiger partial charge in [0.15, 0.2) is 0 Å². The van der Waals surface area contributed by atoms with Crippen molar-refractivity contribution in [2.24, 2.45) is 5.92 Å². The molecule has 7 heteroatoms. The van der Waals surface area contributed by atoms with Crippen LogP contribution in [0.4, 0.5) is 0 Å². The number of nitrogens with zero attached hydrogens (tertiary/aromatic N) is 4. The van der Waals surface area contributed by atoms with Crippen molar-refractivity contribution < 1.29 is 0 Å². The summed E-state index contributed by atoms with van der Waals surface area (Å²) in [5.74, 6) is 0.825. The zero-order valence-electron chi connectivity index (χ0n) is 9.22. The van der Waals surface area contributed by atoms with Crippen molar-refractivity contribution in [2.45, 2.75) is 17.3 Å². The Kier molecular flexibility index (Phi) is 3.08. The standard InChI is InChI=1S/C11H9BrCl2N4/c12-9-3-1-7(2-4-9)10-15-17-18(16-10)6-8-5-11(8,13)14/h1-4,8H,5-6H2. The van der Waals surface area contributed by atoms with Gasteiger partial charge in [-0.25, -0.2) is 0 Å². The molecule has 1 fully saturated rings. The largest absolute Gasteiger partial charge is 0.204 e. The number of aromatic nitrogens is 4. The van der Waals surface area contributed by atoms with E-state index in [1.54, 1.807) is 4.80 Å². The molecule has 1 aliphatic carbocycles. The summed E-state index contributed by atoms with van der Waals surface area (Å²) >= 11 is 15.3. The molecule has 1 aromatic carbocycles. The third-order valence-corrected chi connectivity index (χ3v) is 4.35. The number of alkyl halides is 2. The summed E-state index contributed by atoms with van der Waals surface area (Å²) in [4.78, 5) is 1.55. The normalized spacial score (nSPS) is 20.9. The zero-order chi connectivity index (χ0) is 12.8. The molecule has 94 valence electrons. The zero-order valence-corrected chi connectivity index (χ0v) is 12.3. The van der Waals surface area contributed by atoms with Crippen molar-refractivity contribution in [1.29, 1.82) is 0 Å². The van der Waals surface area contributed by atoms with Crippen LogP contribution in [0.3, 0.4) is 0 Å². The molecule has 0 N–H and O–H groups in total. The molecular formula is C11H9BrCl2N4. The van der Waals surface area contributed by atoms with Crippen LogP contribution in [0.2, 0.25) is 0 Å². The molecule has 0 saturated heterocycles. The minimum atomic E-state index is -0.606. The Morgan fingerprint density at radius 3 is 2.61 bits per heavy atom. The first kappa shape index (κ1) is 12.4. The van der Waals surface area contributed by atoms with E-state index in [1.807, 2.05) is 24.3 Å². The number of hydrogen-bond donors (Lipinski definition) is 0. The molecular weight excluding hydrogens is 339 g/mol. The smallest absolute Gasteiger partial charge is 0.163 e.